The van der Waals surface area contributed by atoms with Gasteiger partial charge in [-0.3, -0.25) is 28.8 Å². The number of hydrogen-bond donors (Lipinski definition) is 3. The molecule has 3 N–H and O–H groups in total. The number of amides is 6. The second kappa shape index (κ2) is 23.9. The van der Waals surface area contributed by atoms with Gasteiger partial charge in [0.05, 0.1) is 6.04 Å². The van der Waals surface area contributed by atoms with Gasteiger partial charge in [0.15, 0.2) is 0 Å². The summed E-state index contributed by atoms with van der Waals surface area (Å²) in [5, 5.41) is 9.04. The molecule has 334 valence electrons. The van der Waals surface area contributed by atoms with Crippen LogP contribution in [0.25, 0.3) is 0 Å². The minimum atomic E-state index is -1.11. The zero-order valence-corrected chi connectivity index (χ0v) is 39.0. The predicted octanol–water partition coefficient (Wildman–Crippen LogP) is 4.25. The molecule has 0 aliphatic rings. The topological polar surface area (TPSA) is 151 Å². The van der Waals surface area contributed by atoms with E-state index in [2.05, 4.69) is 16.0 Å². The molecule has 6 atom stereocenters. The van der Waals surface area contributed by atoms with E-state index < -0.39 is 59.9 Å². The third-order valence-electron chi connectivity index (χ3n) is 11.3. The van der Waals surface area contributed by atoms with Crippen LogP contribution in [0.2, 0.25) is 0 Å². The van der Waals surface area contributed by atoms with Crippen molar-refractivity contribution in [2.24, 2.45) is 29.6 Å². The van der Waals surface area contributed by atoms with Crippen LogP contribution in [-0.4, -0.2) is 133 Å². The average molecular weight is 834 g/mol. The van der Waals surface area contributed by atoms with E-state index in [4.69, 9.17) is 0 Å². The van der Waals surface area contributed by atoms with E-state index in [1.54, 1.807) is 35.2 Å². The van der Waals surface area contributed by atoms with E-state index in [1.807, 2.05) is 130 Å². The SMILES string of the molecule is CN[C@H](C(=O)N(C)[C@H](C(=O)N(C)[C@H](C(=O)N[C@@H](Cc1ccccc1)C(=O)N(C)[C@H](C(=O)N(C)[C@H](C(=O)NCCc1ccccc1)C(C)C)C(C)C)C(C)C)C(C)C)C(C)C. The number of rotatable bonds is 22. The fourth-order valence-electron chi connectivity index (χ4n) is 8.21. The van der Waals surface area contributed by atoms with Crippen LogP contribution in [-0.2, 0) is 41.6 Å². The number of likely N-dealkylation sites (N-methyl/N-ethyl adjacent to an activating group) is 5. The van der Waals surface area contributed by atoms with E-state index in [-0.39, 0.29) is 47.8 Å². The lowest BCUT2D eigenvalue weighted by Gasteiger charge is -2.40. The minimum absolute atomic E-state index is 0.0192. The third-order valence-corrected chi connectivity index (χ3v) is 11.3. The smallest absolute Gasteiger partial charge is 0.246 e. The Balaban J connectivity index is 2.45. The van der Waals surface area contributed by atoms with E-state index in [0.29, 0.717) is 13.0 Å². The van der Waals surface area contributed by atoms with Gasteiger partial charge in [-0.15, -0.1) is 0 Å². The first kappa shape index (κ1) is 51.4. The molecule has 2 aromatic carbocycles. The monoisotopic (exact) mass is 834 g/mol. The molecule has 13 heteroatoms. The van der Waals surface area contributed by atoms with Gasteiger partial charge < -0.3 is 35.6 Å². The van der Waals surface area contributed by atoms with E-state index in [9.17, 15) is 28.8 Å². The quantitative estimate of drug-likeness (QED) is 0.161. The summed E-state index contributed by atoms with van der Waals surface area (Å²) in [6.07, 6.45) is 0.763. The summed E-state index contributed by atoms with van der Waals surface area (Å²) in [6.45, 7) is 19.1. The Hall–Kier alpha value is -4.78. The van der Waals surface area contributed by atoms with Crippen molar-refractivity contribution >= 4 is 35.4 Å². The number of nitrogens with one attached hydrogen (secondary N) is 3. The number of carbonyl (C=O) groups is 6. The standard InChI is InChI=1S/C47H75N7O6/c1-29(2)37(48-11)45(58)54(15)41(33(9)10)47(60)52(13)39(31(5)6)43(56)50-36(28-35-24-20-17-21-25-35)44(57)53(14)40(32(7)8)46(59)51(12)38(30(3)4)42(55)49-27-26-34-22-18-16-19-23-34/h16-25,29-33,36-41,48H,26-28H2,1-15H3,(H,49,55)(H,50,56)/t36-,37-,38-,39-,40-,41-/m0/s1. The number of nitrogens with zero attached hydrogens (tertiary/aromatic N) is 4. The molecule has 0 radical (unpaired) electrons. The maximum absolute atomic E-state index is 14.7. The fraction of sp³-hybridized carbons (Fsp3) is 0.617. The lowest BCUT2D eigenvalue weighted by molar-refractivity contribution is -0.153. The van der Waals surface area contributed by atoms with Gasteiger partial charge >= 0.3 is 0 Å². The van der Waals surface area contributed by atoms with Gasteiger partial charge in [-0.05, 0) is 54.2 Å². The highest BCUT2D eigenvalue weighted by Gasteiger charge is 2.42. The lowest BCUT2D eigenvalue weighted by atomic mass is 9.94. The highest BCUT2D eigenvalue weighted by Crippen LogP contribution is 2.22. The molecule has 0 saturated carbocycles. The maximum atomic E-state index is 14.7. The van der Waals surface area contributed by atoms with Crippen molar-refractivity contribution in [3.63, 3.8) is 0 Å². The van der Waals surface area contributed by atoms with E-state index in [0.717, 1.165) is 11.1 Å². The van der Waals surface area contributed by atoms with Gasteiger partial charge in [0, 0.05) is 41.2 Å². The van der Waals surface area contributed by atoms with Gasteiger partial charge in [-0.1, -0.05) is 130 Å². The molecule has 0 unspecified atom stereocenters. The summed E-state index contributed by atoms with van der Waals surface area (Å²) in [5.41, 5.74) is 1.87. The molecule has 2 rings (SSSR count). The molecular weight excluding hydrogens is 759 g/mol. The van der Waals surface area contributed by atoms with Crippen LogP contribution in [0.15, 0.2) is 60.7 Å². The Bertz CT molecular complexity index is 1700. The lowest BCUT2D eigenvalue weighted by Crippen LogP contribution is -2.62. The van der Waals surface area contributed by atoms with Gasteiger partial charge in [0.1, 0.15) is 30.2 Å². The molecule has 60 heavy (non-hydrogen) atoms. The van der Waals surface area contributed by atoms with Crippen molar-refractivity contribution in [3.8, 4) is 0 Å². The molecule has 2 aromatic rings. The Morgan fingerprint density at radius 1 is 0.483 bits per heavy atom. The van der Waals surface area contributed by atoms with E-state index >= 15 is 0 Å². The van der Waals surface area contributed by atoms with Crippen LogP contribution in [0, 0.1) is 29.6 Å². The molecule has 0 fully saturated rings. The summed E-state index contributed by atoms with van der Waals surface area (Å²) in [6, 6.07) is 13.9. The highest BCUT2D eigenvalue weighted by molar-refractivity contribution is 5.97. The molecule has 6 amide bonds. The molecule has 0 aliphatic heterocycles. The highest BCUT2D eigenvalue weighted by atomic mass is 16.2. The Morgan fingerprint density at radius 2 is 0.867 bits per heavy atom. The molecule has 0 spiro atoms. The van der Waals surface area contributed by atoms with Crippen LogP contribution in [0.4, 0.5) is 0 Å². The fourth-order valence-corrected chi connectivity index (χ4v) is 8.21. The second-order valence-electron chi connectivity index (χ2n) is 17.8. The summed E-state index contributed by atoms with van der Waals surface area (Å²) in [5.74, 6) is -3.56. The summed E-state index contributed by atoms with van der Waals surface area (Å²) >= 11 is 0. The van der Waals surface area contributed by atoms with Crippen molar-refractivity contribution in [1.29, 1.82) is 0 Å². The first-order chi connectivity index (χ1) is 28.1. The van der Waals surface area contributed by atoms with Crippen molar-refractivity contribution < 1.29 is 28.8 Å². The Labute approximate surface area is 360 Å². The van der Waals surface area contributed by atoms with E-state index in [1.165, 1.54) is 19.6 Å². The zero-order valence-electron chi connectivity index (χ0n) is 39.0. The molecule has 13 nitrogen and oxygen atoms in total. The summed E-state index contributed by atoms with van der Waals surface area (Å²) < 4.78 is 0. The molecular formula is C47H75N7O6. The summed E-state index contributed by atoms with van der Waals surface area (Å²) in [4.78, 5) is 90.8. The van der Waals surface area contributed by atoms with Crippen molar-refractivity contribution in [1.82, 2.24) is 35.6 Å². The summed E-state index contributed by atoms with van der Waals surface area (Å²) in [7, 11) is 8.04. The van der Waals surface area contributed by atoms with Gasteiger partial charge in [-0.25, -0.2) is 0 Å². The van der Waals surface area contributed by atoms with Crippen molar-refractivity contribution in [3.05, 3.63) is 71.8 Å². The van der Waals surface area contributed by atoms with Gasteiger partial charge in [-0.2, -0.15) is 0 Å². The first-order valence-electron chi connectivity index (χ1n) is 21.5. The maximum Gasteiger partial charge on any atom is 0.246 e. The second-order valence-corrected chi connectivity index (χ2v) is 17.8. The third kappa shape index (κ3) is 13.6. The van der Waals surface area contributed by atoms with Gasteiger partial charge in [0.25, 0.3) is 0 Å². The molecule has 0 aromatic heterocycles. The molecule has 0 heterocycles. The number of carbonyl (C=O) groups excluding carboxylic acids is 6. The largest absolute Gasteiger partial charge is 0.354 e. The van der Waals surface area contributed by atoms with Crippen LogP contribution in [0.5, 0.6) is 0 Å². The predicted molar refractivity (Wildman–Crippen MR) is 239 cm³/mol. The zero-order chi connectivity index (χ0) is 45.6. The minimum Gasteiger partial charge on any atom is -0.354 e. The Kier molecular flexibility index (Phi) is 20.4. The Morgan fingerprint density at radius 3 is 1.27 bits per heavy atom. The molecule has 0 saturated heterocycles. The van der Waals surface area contributed by atoms with Crippen LogP contribution < -0.4 is 16.0 Å². The van der Waals surface area contributed by atoms with Crippen molar-refractivity contribution in [2.75, 3.05) is 41.8 Å². The first-order valence-corrected chi connectivity index (χ1v) is 21.5. The van der Waals surface area contributed by atoms with Crippen LogP contribution in [0.3, 0.4) is 0 Å². The average Bonchev–Trinajstić information content (AvgIpc) is 3.17. The number of benzene rings is 2. The van der Waals surface area contributed by atoms with Crippen molar-refractivity contribution in [2.45, 2.75) is 118 Å². The van der Waals surface area contributed by atoms with Gasteiger partial charge in [0.2, 0.25) is 35.4 Å². The molecule has 0 aliphatic carbocycles. The van der Waals surface area contributed by atoms with Crippen LogP contribution >= 0.6 is 0 Å². The number of hydrogen-bond acceptors (Lipinski definition) is 7. The molecule has 0 bridgehead atoms. The normalized spacial score (nSPS) is 14.6. The van der Waals surface area contributed by atoms with Crippen LogP contribution in [0.1, 0.15) is 80.4 Å².